The maximum Gasteiger partial charge on any atom is 0.409 e. The monoisotopic (exact) mass is 333 g/mol. The standard InChI is InChI=1S/C18H27N3O3/c1-4-6-11-20-18(23)24-17-12(3)13-9-7-8-10-15(13)21(17)16(22)14(19)5-2/h7-10,12,14,17H,4-6,11,19H2,1-3H3,(H,20,23)/t12-,14+,17-/m1/s1. The first-order valence-electron chi connectivity index (χ1n) is 8.63. The molecule has 0 fully saturated rings. The van der Waals surface area contributed by atoms with E-state index in [-0.39, 0.29) is 11.8 Å². The number of carbonyl (C=O) groups excluding carboxylic acids is 2. The Balaban J connectivity index is 2.21. The van der Waals surface area contributed by atoms with Crippen molar-refractivity contribution < 1.29 is 14.3 Å². The van der Waals surface area contributed by atoms with Crippen molar-refractivity contribution in [3.8, 4) is 0 Å². The van der Waals surface area contributed by atoms with E-state index in [9.17, 15) is 9.59 Å². The maximum atomic E-state index is 12.7. The summed E-state index contributed by atoms with van der Waals surface area (Å²) in [4.78, 5) is 26.3. The van der Waals surface area contributed by atoms with Crippen LogP contribution in [0, 0.1) is 0 Å². The lowest BCUT2D eigenvalue weighted by Gasteiger charge is -2.29. The molecule has 0 bridgehead atoms. The molecule has 6 heteroatoms. The first kappa shape index (κ1) is 18.3. The van der Waals surface area contributed by atoms with Gasteiger partial charge in [-0.1, -0.05) is 45.4 Å². The predicted octanol–water partition coefficient (Wildman–Crippen LogP) is 2.73. The molecule has 1 heterocycles. The van der Waals surface area contributed by atoms with Gasteiger partial charge in [0, 0.05) is 12.5 Å². The van der Waals surface area contributed by atoms with Gasteiger partial charge in [0.1, 0.15) is 0 Å². The molecular weight excluding hydrogens is 306 g/mol. The number of hydrogen-bond donors (Lipinski definition) is 2. The summed E-state index contributed by atoms with van der Waals surface area (Å²) in [6.45, 7) is 6.43. The quantitative estimate of drug-likeness (QED) is 0.784. The van der Waals surface area contributed by atoms with Crippen molar-refractivity contribution in [2.75, 3.05) is 11.4 Å². The van der Waals surface area contributed by atoms with Gasteiger partial charge in [-0.3, -0.25) is 9.69 Å². The second-order valence-corrected chi connectivity index (χ2v) is 6.15. The van der Waals surface area contributed by atoms with Crippen molar-refractivity contribution in [3.63, 3.8) is 0 Å². The third kappa shape index (κ3) is 3.70. The zero-order valence-corrected chi connectivity index (χ0v) is 14.6. The summed E-state index contributed by atoms with van der Waals surface area (Å²) in [6, 6.07) is 6.99. The van der Waals surface area contributed by atoms with Crippen molar-refractivity contribution in [3.05, 3.63) is 29.8 Å². The highest BCUT2D eigenvalue weighted by molar-refractivity contribution is 5.99. The number of nitrogens with zero attached hydrogens (tertiary/aromatic N) is 1. The zero-order chi connectivity index (χ0) is 17.7. The van der Waals surface area contributed by atoms with Gasteiger partial charge in [0.15, 0.2) is 6.23 Å². The summed E-state index contributed by atoms with van der Waals surface area (Å²) < 4.78 is 5.58. The Morgan fingerprint density at radius 3 is 2.71 bits per heavy atom. The summed E-state index contributed by atoms with van der Waals surface area (Å²) >= 11 is 0. The Morgan fingerprint density at radius 2 is 2.04 bits per heavy atom. The van der Waals surface area contributed by atoms with Gasteiger partial charge in [0.25, 0.3) is 0 Å². The lowest BCUT2D eigenvalue weighted by atomic mass is 10.0. The minimum atomic E-state index is -0.672. The summed E-state index contributed by atoms with van der Waals surface area (Å²) in [6.07, 6.45) is 1.23. The highest BCUT2D eigenvalue weighted by atomic mass is 16.6. The van der Waals surface area contributed by atoms with Gasteiger partial charge in [-0.2, -0.15) is 0 Å². The molecule has 24 heavy (non-hydrogen) atoms. The average Bonchev–Trinajstić information content (AvgIpc) is 2.86. The molecule has 0 saturated heterocycles. The Labute approximate surface area is 143 Å². The SMILES string of the molecule is CCCCNC(=O)O[C@@H]1[C@H](C)c2ccccc2N1C(=O)[C@@H](N)CC. The van der Waals surface area contributed by atoms with Gasteiger partial charge >= 0.3 is 6.09 Å². The molecule has 132 valence electrons. The second kappa shape index (κ2) is 8.15. The van der Waals surface area contributed by atoms with Crippen molar-refractivity contribution in [1.82, 2.24) is 5.32 Å². The molecule has 1 aliphatic rings. The minimum absolute atomic E-state index is 0.105. The fraction of sp³-hybridized carbons (Fsp3) is 0.556. The number of anilines is 1. The van der Waals surface area contributed by atoms with Crippen molar-refractivity contribution in [1.29, 1.82) is 0 Å². The lowest BCUT2D eigenvalue weighted by molar-refractivity contribution is -0.121. The molecule has 0 aliphatic carbocycles. The normalized spacial score (nSPS) is 20.4. The molecule has 0 saturated carbocycles. The third-order valence-electron chi connectivity index (χ3n) is 4.39. The van der Waals surface area contributed by atoms with Crippen LogP contribution in [0.4, 0.5) is 10.5 Å². The zero-order valence-electron chi connectivity index (χ0n) is 14.6. The minimum Gasteiger partial charge on any atom is -0.424 e. The highest BCUT2D eigenvalue weighted by Gasteiger charge is 2.42. The number of amides is 2. The number of nitrogens with two attached hydrogens (primary N) is 1. The van der Waals surface area contributed by atoms with Crippen LogP contribution in [-0.4, -0.2) is 30.8 Å². The number of alkyl carbamates (subject to hydrolysis) is 1. The maximum absolute atomic E-state index is 12.7. The molecule has 2 rings (SSSR count). The fourth-order valence-electron chi connectivity index (χ4n) is 2.88. The molecule has 0 aromatic heterocycles. The molecule has 1 aromatic rings. The van der Waals surface area contributed by atoms with Crippen LogP contribution >= 0.6 is 0 Å². The average molecular weight is 333 g/mol. The topological polar surface area (TPSA) is 84.7 Å². The summed E-state index contributed by atoms with van der Waals surface area (Å²) in [5.74, 6) is -0.327. The molecule has 0 radical (unpaired) electrons. The Kier molecular flexibility index (Phi) is 6.20. The molecule has 1 aromatic carbocycles. The van der Waals surface area contributed by atoms with Crippen LogP contribution in [0.1, 0.15) is 51.5 Å². The molecule has 0 unspecified atom stereocenters. The van der Waals surface area contributed by atoms with Crippen molar-refractivity contribution >= 4 is 17.7 Å². The van der Waals surface area contributed by atoms with Crippen LogP contribution in [0.2, 0.25) is 0 Å². The lowest BCUT2D eigenvalue weighted by Crippen LogP contribution is -2.50. The van der Waals surface area contributed by atoms with Gasteiger partial charge in [-0.25, -0.2) is 4.79 Å². The molecule has 1 aliphatic heterocycles. The van der Waals surface area contributed by atoms with Gasteiger partial charge in [-0.15, -0.1) is 0 Å². The number of fused-ring (bicyclic) bond motifs is 1. The van der Waals surface area contributed by atoms with E-state index in [0.29, 0.717) is 13.0 Å². The van der Waals surface area contributed by atoms with Crippen LogP contribution in [0.25, 0.3) is 0 Å². The Bertz CT molecular complexity index is 591. The summed E-state index contributed by atoms with van der Waals surface area (Å²) in [7, 11) is 0. The fourth-order valence-corrected chi connectivity index (χ4v) is 2.88. The molecule has 6 nitrogen and oxygen atoms in total. The molecule has 2 amide bonds. The van der Waals surface area contributed by atoms with Crippen LogP contribution in [0.5, 0.6) is 0 Å². The smallest absolute Gasteiger partial charge is 0.409 e. The van der Waals surface area contributed by atoms with Crippen LogP contribution in [0.15, 0.2) is 24.3 Å². The highest BCUT2D eigenvalue weighted by Crippen LogP contribution is 2.41. The Hall–Kier alpha value is -2.08. The van der Waals surface area contributed by atoms with E-state index in [0.717, 1.165) is 24.1 Å². The van der Waals surface area contributed by atoms with E-state index in [1.807, 2.05) is 38.1 Å². The van der Waals surface area contributed by atoms with E-state index in [1.165, 1.54) is 4.90 Å². The first-order chi connectivity index (χ1) is 11.5. The van der Waals surface area contributed by atoms with Crippen molar-refractivity contribution in [2.45, 2.75) is 58.2 Å². The van der Waals surface area contributed by atoms with E-state index < -0.39 is 18.4 Å². The number of ether oxygens (including phenoxy) is 1. The number of rotatable bonds is 6. The van der Waals surface area contributed by atoms with Gasteiger partial charge < -0.3 is 15.8 Å². The number of benzene rings is 1. The molecular formula is C18H27N3O3. The van der Waals surface area contributed by atoms with Crippen molar-refractivity contribution in [2.24, 2.45) is 5.73 Å². The van der Waals surface area contributed by atoms with Crippen LogP contribution in [-0.2, 0) is 9.53 Å². The second-order valence-electron chi connectivity index (χ2n) is 6.15. The van der Waals surface area contributed by atoms with E-state index in [1.54, 1.807) is 0 Å². The number of para-hydroxylation sites is 1. The summed E-state index contributed by atoms with van der Waals surface area (Å²) in [5.41, 5.74) is 7.70. The molecule has 3 atom stereocenters. The van der Waals surface area contributed by atoms with Crippen LogP contribution in [0.3, 0.4) is 0 Å². The number of hydrogen-bond acceptors (Lipinski definition) is 4. The third-order valence-corrected chi connectivity index (χ3v) is 4.39. The Morgan fingerprint density at radius 1 is 1.33 bits per heavy atom. The van der Waals surface area contributed by atoms with Gasteiger partial charge in [-0.05, 0) is 24.5 Å². The van der Waals surface area contributed by atoms with E-state index in [2.05, 4.69) is 12.2 Å². The van der Waals surface area contributed by atoms with E-state index >= 15 is 0 Å². The largest absolute Gasteiger partial charge is 0.424 e. The van der Waals surface area contributed by atoms with E-state index in [4.69, 9.17) is 10.5 Å². The molecule has 0 spiro atoms. The van der Waals surface area contributed by atoms with Crippen LogP contribution < -0.4 is 16.0 Å². The predicted molar refractivity (Wildman–Crippen MR) is 93.8 cm³/mol. The first-order valence-corrected chi connectivity index (χ1v) is 8.63. The van der Waals surface area contributed by atoms with Gasteiger partial charge in [0.05, 0.1) is 11.7 Å². The molecule has 3 N–H and O–H groups in total. The number of carbonyl (C=O) groups is 2. The number of unbranched alkanes of at least 4 members (excludes halogenated alkanes) is 1. The summed E-state index contributed by atoms with van der Waals surface area (Å²) in [5, 5.41) is 2.73. The van der Waals surface area contributed by atoms with Gasteiger partial charge in [0.2, 0.25) is 5.91 Å². The number of nitrogens with one attached hydrogen (secondary N) is 1.